The number of amides is 1. The van der Waals surface area contributed by atoms with Gasteiger partial charge in [-0.2, -0.15) is 0 Å². The van der Waals surface area contributed by atoms with Crippen molar-refractivity contribution >= 4 is 34.4 Å². The Morgan fingerprint density at radius 1 is 0.976 bits per heavy atom. The molecule has 0 radical (unpaired) electrons. The lowest BCUT2D eigenvalue weighted by molar-refractivity contribution is -0.128. The number of para-hydroxylation sites is 1. The molecule has 1 spiro atoms. The highest BCUT2D eigenvalue weighted by Gasteiger charge is 2.71. The van der Waals surface area contributed by atoms with Crippen LogP contribution >= 0.6 is 0 Å². The van der Waals surface area contributed by atoms with E-state index < -0.39 is 28.8 Å². The first-order valence-corrected chi connectivity index (χ1v) is 14.0. The molecule has 1 N–H and O–H groups in total. The molecule has 3 aromatic rings. The fourth-order valence-electron chi connectivity index (χ4n) is 7.22. The maximum absolute atomic E-state index is 14.9. The summed E-state index contributed by atoms with van der Waals surface area (Å²) < 4.78 is 11.1. The molecule has 1 saturated heterocycles. The molecule has 7 rings (SSSR count). The van der Waals surface area contributed by atoms with Gasteiger partial charge < -0.3 is 19.7 Å². The summed E-state index contributed by atoms with van der Waals surface area (Å²) >= 11 is 0. The largest absolute Gasteiger partial charge is 0.454 e. The van der Waals surface area contributed by atoms with E-state index in [4.69, 9.17) is 9.47 Å². The van der Waals surface area contributed by atoms with Gasteiger partial charge in [-0.25, -0.2) is 0 Å². The first kappa shape index (κ1) is 25.6. The van der Waals surface area contributed by atoms with Gasteiger partial charge in [-0.1, -0.05) is 56.7 Å². The molecule has 0 bridgehead atoms. The number of ketones is 2. The third-order valence-electron chi connectivity index (χ3n) is 9.08. The Morgan fingerprint density at radius 2 is 1.73 bits per heavy atom. The lowest BCUT2D eigenvalue weighted by Crippen LogP contribution is -2.51. The number of hydrogen-bond acceptors (Lipinski definition) is 6. The van der Waals surface area contributed by atoms with E-state index in [1.54, 1.807) is 18.2 Å². The van der Waals surface area contributed by atoms with Crippen molar-refractivity contribution in [1.82, 2.24) is 0 Å². The Balaban J connectivity index is 1.54. The summed E-state index contributed by atoms with van der Waals surface area (Å²) in [5, 5.41) is 3.08. The highest BCUT2D eigenvalue weighted by molar-refractivity contribution is 6.17. The zero-order chi connectivity index (χ0) is 28.8. The summed E-state index contributed by atoms with van der Waals surface area (Å²) in [4.78, 5) is 46.0. The van der Waals surface area contributed by atoms with Crippen molar-refractivity contribution in [2.45, 2.75) is 52.1 Å². The Kier molecular flexibility index (Phi) is 5.34. The average molecular weight is 549 g/mol. The van der Waals surface area contributed by atoms with E-state index >= 15 is 0 Å². The molecule has 4 aliphatic heterocycles. The van der Waals surface area contributed by atoms with Gasteiger partial charge in [-0.3, -0.25) is 14.4 Å². The van der Waals surface area contributed by atoms with Gasteiger partial charge in [0.1, 0.15) is 11.5 Å². The normalized spacial score (nSPS) is 25.4. The summed E-state index contributed by atoms with van der Waals surface area (Å²) in [5.41, 5.74) is 3.66. The number of allylic oxidation sites excluding steroid dienone is 1. The highest BCUT2D eigenvalue weighted by atomic mass is 16.7. The topological polar surface area (TPSA) is 84.9 Å². The van der Waals surface area contributed by atoms with Gasteiger partial charge in [0.15, 0.2) is 23.1 Å². The summed E-state index contributed by atoms with van der Waals surface area (Å²) in [5.74, 6) is -0.584. The molecule has 7 heteroatoms. The van der Waals surface area contributed by atoms with E-state index in [0.29, 0.717) is 22.7 Å². The Bertz CT molecular complexity index is 1700. The Labute approximate surface area is 239 Å². The van der Waals surface area contributed by atoms with Gasteiger partial charge >= 0.3 is 0 Å². The van der Waals surface area contributed by atoms with E-state index in [2.05, 4.69) is 22.4 Å². The number of nitrogens with one attached hydrogen (secondary N) is 1. The van der Waals surface area contributed by atoms with Gasteiger partial charge in [0, 0.05) is 27.9 Å². The van der Waals surface area contributed by atoms with Crippen molar-refractivity contribution in [1.29, 1.82) is 0 Å². The van der Waals surface area contributed by atoms with Crippen LogP contribution in [0, 0.1) is 18.3 Å². The molecule has 41 heavy (non-hydrogen) atoms. The van der Waals surface area contributed by atoms with Crippen LogP contribution < -0.4 is 19.7 Å². The third kappa shape index (κ3) is 3.41. The molecule has 0 aromatic heterocycles. The zero-order valence-corrected chi connectivity index (χ0v) is 23.8. The number of ether oxygens (including phenoxy) is 2. The maximum atomic E-state index is 14.9. The van der Waals surface area contributed by atoms with Crippen LogP contribution in [0.25, 0.3) is 5.57 Å². The Morgan fingerprint density at radius 3 is 2.51 bits per heavy atom. The minimum Gasteiger partial charge on any atom is -0.454 e. The zero-order valence-electron chi connectivity index (χ0n) is 23.8. The molecule has 0 aliphatic carbocycles. The van der Waals surface area contributed by atoms with Crippen LogP contribution in [0.4, 0.5) is 11.4 Å². The van der Waals surface area contributed by atoms with Crippen molar-refractivity contribution in [3.8, 4) is 11.5 Å². The lowest BCUT2D eigenvalue weighted by atomic mass is 9.63. The SMILES string of the molecule is CC1=C[C@H]2N(c3ccc(C)cc31)[C@H](C(=O)C(C)(C)C)[C@@H](C(=O)c1ccc3c(c1)OCO3)[C@]21C(=O)Nc2ccccc21. The number of Topliss-reactive ketones (excluding diaryl/α,β-unsaturated/α-hetero) is 2. The molecule has 4 atom stereocenters. The number of nitrogens with zero attached hydrogens (tertiary/aromatic N) is 1. The van der Waals surface area contributed by atoms with Crippen molar-refractivity contribution < 1.29 is 23.9 Å². The average Bonchev–Trinajstić information content (AvgIpc) is 3.61. The molecule has 4 heterocycles. The van der Waals surface area contributed by atoms with Crippen LogP contribution in [-0.4, -0.2) is 36.4 Å². The molecular weight excluding hydrogens is 516 g/mol. The van der Waals surface area contributed by atoms with Crippen molar-refractivity contribution in [3.63, 3.8) is 0 Å². The van der Waals surface area contributed by atoms with E-state index in [-0.39, 0.29) is 24.3 Å². The number of rotatable bonds is 3. The first-order valence-electron chi connectivity index (χ1n) is 14.0. The van der Waals surface area contributed by atoms with Crippen LogP contribution in [0.1, 0.15) is 54.7 Å². The standard InChI is InChI=1S/C34H32N2O5/c1-18-10-12-24-21(14-18)19(2)15-27-34(22-8-6-7-9-23(22)35-32(34)39)28(29(36(24)27)31(38)33(3,4)5)30(37)20-11-13-25-26(16-20)41-17-40-25/h6-16,27-29H,17H2,1-5H3,(H,35,39)/t27-,28+,29+,34-/m1/s1. The number of fused-ring (bicyclic) bond motifs is 7. The number of hydrogen-bond donors (Lipinski definition) is 1. The minimum absolute atomic E-state index is 0.0807. The fraction of sp³-hybridized carbons (Fsp3) is 0.324. The lowest BCUT2D eigenvalue weighted by Gasteiger charge is -2.40. The molecule has 1 fully saturated rings. The number of carbonyl (C=O) groups excluding carboxylic acids is 3. The van der Waals surface area contributed by atoms with Gasteiger partial charge in [-0.05, 0) is 61.4 Å². The molecule has 0 unspecified atom stereocenters. The Hall–Kier alpha value is -4.39. The predicted molar refractivity (Wildman–Crippen MR) is 156 cm³/mol. The quantitative estimate of drug-likeness (QED) is 0.423. The van der Waals surface area contributed by atoms with Crippen molar-refractivity contribution in [2.75, 3.05) is 17.0 Å². The van der Waals surface area contributed by atoms with Gasteiger partial charge in [0.05, 0.1) is 12.0 Å². The number of benzene rings is 3. The molecule has 4 aliphatic rings. The monoisotopic (exact) mass is 548 g/mol. The van der Waals surface area contributed by atoms with Crippen LogP contribution in [0.2, 0.25) is 0 Å². The minimum atomic E-state index is -1.33. The van der Waals surface area contributed by atoms with Crippen molar-refractivity contribution in [3.05, 3.63) is 89.0 Å². The summed E-state index contributed by atoms with van der Waals surface area (Å²) in [6.07, 6.45) is 2.08. The number of aryl methyl sites for hydroxylation is 1. The van der Waals surface area contributed by atoms with Gasteiger partial charge in [0.2, 0.25) is 12.7 Å². The second-order valence-electron chi connectivity index (χ2n) is 12.6. The number of carbonyl (C=O) groups is 3. The molecule has 7 nitrogen and oxygen atoms in total. The van der Waals surface area contributed by atoms with E-state index in [9.17, 15) is 14.4 Å². The molecular formula is C34H32N2O5. The molecule has 208 valence electrons. The summed E-state index contributed by atoms with van der Waals surface area (Å²) in [6, 6.07) is 17.4. The van der Waals surface area contributed by atoms with Crippen LogP contribution in [0.3, 0.4) is 0 Å². The molecule has 0 saturated carbocycles. The predicted octanol–water partition coefficient (Wildman–Crippen LogP) is 5.70. The summed E-state index contributed by atoms with van der Waals surface area (Å²) in [7, 11) is 0. The van der Waals surface area contributed by atoms with E-state index in [1.165, 1.54) is 0 Å². The van der Waals surface area contributed by atoms with Crippen LogP contribution in [0.15, 0.2) is 66.7 Å². The van der Waals surface area contributed by atoms with Gasteiger partial charge in [0.25, 0.3) is 0 Å². The smallest absolute Gasteiger partial charge is 0.238 e. The highest BCUT2D eigenvalue weighted by Crippen LogP contribution is 2.59. The molecule has 1 amide bonds. The fourth-order valence-corrected chi connectivity index (χ4v) is 7.22. The number of anilines is 2. The molecule has 3 aromatic carbocycles. The van der Waals surface area contributed by atoms with Crippen LogP contribution in [-0.2, 0) is 15.0 Å². The third-order valence-corrected chi connectivity index (χ3v) is 9.08. The van der Waals surface area contributed by atoms with Crippen molar-refractivity contribution in [2.24, 2.45) is 11.3 Å². The van der Waals surface area contributed by atoms with Gasteiger partial charge in [-0.15, -0.1) is 0 Å². The maximum Gasteiger partial charge on any atom is 0.238 e. The summed E-state index contributed by atoms with van der Waals surface area (Å²) in [6.45, 7) is 9.78. The van der Waals surface area contributed by atoms with E-state index in [0.717, 1.165) is 28.0 Å². The second-order valence-corrected chi connectivity index (χ2v) is 12.6. The van der Waals surface area contributed by atoms with Crippen LogP contribution in [0.5, 0.6) is 11.5 Å². The second kappa shape index (κ2) is 8.56. The van der Waals surface area contributed by atoms with E-state index in [1.807, 2.05) is 71.0 Å². The first-order chi connectivity index (χ1) is 19.5.